The maximum Gasteiger partial charge on any atom is 0.236 e. The van der Waals surface area contributed by atoms with Gasteiger partial charge in [-0.2, -0.15) is 4.68 Å². The van der Waals surface area contributed by atoms with Crippen molar-refractivity contribution in [3.8, 4) is 11.4 Å². The minimum atomic E-state index is -0.167. The molecule has 0 spiro atoms. The number of benzene rings is 1. The summed E-state index contributed by atoms with van der Waals surface area (Å²) in [5.41, 5.74) is 0.711. The van der Waals surface area contributed by atoms with E-state index in [-0.39, 0.29) is 11.7 Å². The average molecular weight is 348 g/mol. The number of ether oxygens (including phenoxy) is 1. The maximum absolute atomic E-state index is 11.9. The maximum atomic E-state index is 11.9. The smallest absolute Gasteiger partial charge is 0.236 e. The van der Waals surface area contributed by atoms with Crippen LogP contribution in [0.1, 0.15) is 0 Å². The van der Waals surface area contributed by atoms with Gasteiger partial charge in [-0.15, -0.1) is 16.4 Å². The summed E-state index contributed by atoms with van der Waals surface area (Å²) in [6, 6.07) is 7.39. The van der Waals surface area contributed by atoms with Gasteiger partial charge in [0.15, 0.2) is 5.13 Å². The van der Waals surface area contributed by atoms with E-state index in [2.05, 4.69) is 25.8 Å². The van der Waals surface area contributed by atoms with Crippen LogP contribution < -0.4 is 10.1 Å². The highest BCUT2D eigenvalue weighted by molar-refractivity contribution is 7.99. The number of anilines is 1. The Hall–Kier alpha value is -2.46. The molecular weight excluding hydrogens is 336 g/mol. The zero-order valence-electron chi connectivity index (χ0n) is 12.0. The van der Waals surface area contributed by atoms with E-state index >= 15 is 0 Å². The first-order chi connectivity index (χ1) is 11.3. The molecule has 23 heavy (non-hydrogen) atoms. The Labute approximate surface area is 139 Å². The summed E-state index contributed by atoms with van der Waals surface area (Å²) in [6.45, 7) is 0. The second kappa shape index (κ2) is 7.20. The van der Waals surface area contributed by atoms with Gasteiger partial charge in [-0.3, -0.25) is 4.79 Å². The van der Waals surface area contributed by atoms with E-state index in [1.165, 1.54) is 23.1 Å². The molecule has 2 aromatic heterocycles. The van der Waals surface area contributed by atoms with Crippen molar-refractivity contribution in [1.29, 1.82) is 0 Å². The molecule has 0 radical (unpaired) electrons. The van der Waals surface area contributed by atoms with E-state index in [0.717, 1.165) is 0 Å². The van der Waals surface area contributed by atoms with Crippen LogP contribution in [-0.4, -0.2) is 44.0 Å². The molecule has 3 rings (SSSR count). The van der Waals surface area contributed by atoms with Crippen molar-refractivity contribution in [2.75, 3.05) is 18.2 Å². The number of carbonyl (C=O) groups excluding carboxylic acids is 1. The first kappa shape index (κ1) is 15.4. The molecule has 0 aliphatic carbocycles. The van der Waals surface area contributed by atoms with Crippen LogP contribution in [0.2, 0.25) is 0 Å². The Morgan fingerprint density at radius 2 is 2.30 bits per heavy atom. The third kappa shape index (κ3) is 3.66. The third-order valence-corrected chi connectivity index (χ3v) is 4.37. The van der Waals surface area contributed by atoms with E-state index in [4.69, 9.17) is 4.74 Å². The van der Waals surface area contributed by atoms with Crippen LogP contribution in [-0.2, 0) is 4.79 Å². The predicted molar refractivity (Wildman–Crippen MR) is 87.2 cm³/mol. The SMILES string of the molecule is COc1ccccc1-n1nnnc1SCC(=O)Nc1nccs1. The van der Waals surface area contributed by atoms with E-state index in [0.29, 0.717) is 21.7 Å². The first-order valence-electron chi connectivity index (χ1n) is 6.52. The summed E-state index contributed by atoms with van der Waals surface area (Å²) in [5.74, 6) is 0.656. The molecule has 0 unspecified atom stereocenters. The van der Waals surface area contributed by atoms with Gasteiger partial charge in [0.1, 0.15) is 11.4 Å². The third-order valence-electron chi connectivity index (χ3n) is 2.77. The van der Waals surface area contributed by atoms with Gasteiger partial charge >= 0.3 is 0 Å². The lowest BCUT2D eigenvalue weighted by Crippen LogP contribution is -2.14. The Bertz CT molecular complexity index is 789. The molecule has 0 atom stereocenters. The number of hydrogen-bond acceptors (Lipinski definition) is 8. The topological polar surface area (TPSA) is 94.8 Å². The molecule has 0 saturated carbocycles. The molecule has 3 aromatic rings. The normalized spacial score (nSPS) is 10.5. The Morgan fingerprint density at radius 3 is 3.09 bits per heavy atom. The Kier molecular flexibility index (Phi) is 4.83. The highest BCUT2D eigenvalue weighted by atomic mass is 32.2. The minimum Gasteiger partial charge on any atom is -0.494 e. The average Bonchev–Trinajstić information content (AvgIpc) is 3.24. The largest absolute Gasteiger partial charge is 0.494 e. The fourth-order valence-corrected chi connectivity index (χ4v) is 3.02. The van der Waals surface area contributed by atoms with E-state index in [1.807, 2.05) is 24.3 Å². The molecule has 2 heterocycles. The number of rotatable bonds is 6. The highest BCUT2D eigenvalue weighted by Crippen LogP contribution is 2.25. The fourth-order valence-electron chi connectivity index (χ4n) is 1.80. The number of hydrogen-bond donors (Lipinski definition) is 1. The second-order valence-corrected chi connectivity index (χ2v) is 6.06. The van der Waals surface area contributed by atoms with E-state index in [9.17, 15) is 4.79 Å². The van der Waals surface area contributed by atoms with Crippen LogP contribution in [0.15, 0.2) is 41.0 Å². The van der Waals surface area contributed by atoms with Crippen molar-refractivity contribution in [3.63, 3.8) is 0 Å². The van der Waals surface area contributed by atoms with Crippen LogP contribution in [0.3, 0.4) is 0 Å². The van der Waals surface area contributed by atoms with Gasteiger partial charge in [-0.05, 0) is 22.6 Å². The lowest BCUT2D eigenvalue weighted by Gasteiger charge is -2.08. The van der Waals surface area contributed by atoms with Gasteiger partial charge in [0.05, 0.1) is 12.9 Å². The van der Waals surface area contributed by atoms with Crippen LogP contribution >= 0.6 is 23.1 Å². The molecule has 118 valence electrons. The summed E-state index contributed by atoms with van der Waals surface area (Å²) in [7, 11) is 1.58. The van der Waals surface area contributed by atoms with Crippen molar-refractivity contribution in [3.05, 3.63) is 35.8 Å². The summed E-state index contributed by atoms with van der Waals surface area (Å²) in [6.07, 6.45) is 1.63. The zero-order chi connectivity index (χ0) is 16.1. The summed E-state index contributed by atoms with van der Waals surface area (Å²) in [4.78, 5) is 15.9. The fraction of sp³-hybridized carbons (Fsp3) is 0.154. The van der Waals surface area contributed by atoms with Gasteiger partial charge in [0, 0.05) is 11.6 Å². The molecule has 1 amide bonds. The van der Waals surface area contributed by atoms with Gasteiger partial charge in [-0.25, -0.2) is 4.98 Å². The predicted octanol–water partition coefficient (Wildman–Crippen LogP) is 1.86. The molecule has 0 aliphatic rings. The lowest BCUT2D eigenvalue weighted by molar-refractivity contribution is -0.113. The molecule has 1 aromatic carbocycles. The summed E-state index contributed by atoms with van der Waals surface area (Å²) in [5, 5.41) is 17.2. The second-order valence-electron chi connectivity index (χ2n) is 4.22. The molecular formula is C13H12N6O2S2. The lowest BCUT2D eigenvalue weighted by atomic mass is 10.3. The van der Waals surface area contributed by atoms with E-state index < -0.39 is 0 Å². The number of nitrogens with zero attached hydrogens (tertiary/aromatic N) is 5. The van der Waals surface area contributed by atoms with Crippen LogP contribution in [0.4, 0.5) is 5.13 Å². The molecule has 10 heteroatoms. The summed E-state index contributed by atoms with van der Waals surface area (Å²) < 4.78 is 6.85. The molecule has 8 nitrogen and oxygen atoms in total. The number of para-hydroxylation sites is 2. The van der Waals surface area contributed by atoms with Gasteiger partial charge < -0.3 is 10.1 Å². The first-order valence-corrected chi connectivity index (χ1v) is 8.38. The summed E-state index contributed by atoms with van der Waals surface area (Å²) >= 11 is 2.60. The number of thiazole rings is 1. The molecule has 0 fully saturated rings. The van der Waals surface area contributed by atoms with Crippen LogP contribution in [0, 0.1) is 0 Å². The Morgan fingerprint density at radius 1 is 1.43 bits per heavy atom. The number of carbonyl (C=O) groups is 1. The van der Waals surface area contributed by atoms with Crippen molar-refractivity contribution >= 4 is 34.1 Å². The molecule has 0 bridgehead atoms. The van der Waals surface area contributed by atoms with Gasteiger partial charge in [-0.1, -0.05) is 23.9 Å². The number of thioether (sulfide) groups is 1. The highest BCUT2D eigenvalue weighted by Gasteiger charge is 2.14. The number of tetrazole rings is 1. The van der Waals surface area contributed by atoms with Crippen molar-refractivity contribution in [2.24, 2.45) is 0 Å². The Balaban J connectivity index is 1.70. The molecule has 0 saturated heterocycles. The van der Waals surface area contributed by atoms with Crippen LogP contribution in [0.25, 0.3) is 5.69 Å². The molecule has 1 N–H and O–H groups in total. The number of nitrogens with one attached hydrogen (secondary N) is 1. The van der Waals surface area contributed by atoms with Crippen molar-refractivity contribution < 1.29 is 9.53 Å². The zero-order valence-corrected chi connectivity index (χ0v) is 13.7. The number of aromatic nitrogens is 5. The monoisotopic (exact) mass is 348 g/mol. The number of amides is 1. The quantitative estimate of drug-likeness (QED) is 0.679. The minimum absolute atomic E-state index is 0.167. The van der Waals surface area contributed by atoms with Crippen LogP contribution in [0.5, 0.6) is 5.75 Å². The standard InChI is InChI=1S/C13H12N6O2S2/c1-21-10-5-3-2-4-9(10)19-13(16-17-18-19)23-8-11(20)15-12-14-6-7-22-12/h2-7H,8H2,1H3,(H,14,15,20). The number of methoxy groups -OCH3 is 1. The van der Waals surface area contributed by atoms with Crippen molar-refractivity contribution in [2.45, 2.75) is 5.16 Å². The van der Waals surface area contributed by atoms with Gasteiger partial charge in [0.25, 0.3) is 0 Å². The molecule has 0 aliphatic heterocycles. The van der Waals surface area contributed by atoms with Crippen molar-refractivity contribution in [1.82, 2.24) is 25.2 Å². The van der Waals surface area contributed by atoms with Gasteiger partial charge in [0.2, 0.25) is 11.1 Å². The van der Waals surface area contributed by atoms with E-state index in [1.54, 1.807) is 23.4 Å².